The lowest BCUT2D eigenvalue weighted by atomic mass is 10.1. The highest BCUT2D eigenvalue weighted by molar-refractivity contribution is 6.31. The first-order valence-corrected chi connectivity index (χ1v) is 9.37. The third-order valence-corrected chi connectivity index (χ3v) is 4.99. The lowest BCUT2D eigenvalue weighted by molar-refractivity contribution is 0.0950. The molecular weight excluding hydrogens is 376 g/mol. The molecule has 2 aromatic carbocycles. The van der Waals surface area contributed by atoms with E-state index in [0.717, 1.165) is 18.4 Å². The smallest absolute Gasteiger partial charge is 0.251 e. The van der Waals surface area contributed by atoms with Gasteiger partial charge in [-0.25, -0.2) is 4.68 Å². The van der Waals surface area contributed by atoms with E-state index in [0.29, 0.717) is 21.8 Å². The summed E-state index contributed by atoms with van der Waals surface area (Å²) in [6.07, 6.45) is 3.48. The van der Waals surface area contributed by atoms with Crippen molar-refractivity contribution in [3.63, 3.8) is 0 Å². The number of amides is 1. The topological polar surface area (TPSA) is 90.0 Å². The highest BCUT2D eigenvalue weighted by Gasteiger charge is 2.24. The van der Waals surface area contributed by atoms with Crippen molar-refractivity contribution in [2.75, 3.05) is 5.73 Å². The largest absolute Gasteiger partial charge is 0.383 e. The van der Waals surface area contributed by atoms with Crippen molar-refractivity contribution < 1.29 is 9.59 Å². The monoisotopic (exact) mass is 394 g/mol. The van der Waals surface area contributed by atoms with E-state index in [1.165, 1.54) is 10.9 Å². The summed E-state index contributed by atoms with van der Waals surface area (Å²) in [6.45, 7) is 1.90. The highest BCUT2D eigenvalue weighted by Crippen LogP contribution is 2.25. The summed E-state index contributed by atoms with van der Waals surface area (Å²) in [5.74, 6) is -0.163. The van der Waals surface area contributed by atoms with E-state index >= 15 is 0 Å². The van der Waals surface area contributed by atoms with Crippen molar-refractivity contribution >= 4 is 29.1 Å². The number of nitrogens with one attached hydrogen (secondary N) is 1. The van der Waals surface area contributed by atoms with Crippen LogP contribution in [0.4, 0.5) is 5.82 Å². The van der Waals surface area contributed by atoms with Gasteiger partial charge in [-0.1, -0.05) is 29.8 Å². The molecule has 3 aromatic rings. The van der Waals surface area contributed by atoms with Crippen molar-refractivity contribution in [2.45, 2.75) is 25.8 Å². The predicted octanol–water partition coefficient (Wildman–Crippen LogP) is 3.54. The van der Waals surface area contributed by atoms with Gasteiger partial charge in [-0.05, 0) is 49.6 Å². The van der Waals surface area contributed by atoms with E-state index in [-0.39, 0.29) is 29.1 Å². The minimum atomic E-state index is -0.258. The number of carbonyl (C=O) groups is 2. The van der Waals surface area contributed by atoms with Crippen LogP contribution < -0.4 is 11.1 Å². The number of nitrogen functional groups attached to an aromatic ring is 1. The quantitative estimate of drug-likeness (QED) is 0.647. The van der Waals surface area contributed by atoms with E-state index in [1.807, 2.05) is 13.0 Å². The maximum Gasteiger partial charge on any atom is 0.251 e. The number of anilines is 1. The Bertz CT molecular complexity index is 1090. The number of nitrogens with two attached hydrogens (primary N) is 1. The molecule has 4 rings (SSSR count). The Hall–Kier alpha value is -3.12. The normalized spacial score (nSPS) is 13.4. The maximum absolute atomic E-state index is 12.8. The Labute approximate surface area is 167 Å². The standard InChI is InChI=1S/C21H19ClN4O2/c1-12-5-6-14(21(28)25-16-7-8-16)10-18(12)26-20(23)17(11-24-26)19(27)13-3-2-4-15(22)9-13/h2-6,9-11,16H,7-8,23H2,1H3,(H,25,28). The van der Waals surface area contributed by atoms with Gasteiger partial charge in [0.1, 0.15) is 5.82 Å². The average molecular weight is 395 g/mol. The summed E-state index contributed by atoms with van der Waals surface area (Å²) in [7, 11) is 0. The third kappa shape index (κ3) is 3.51. The minimum Gasteiger partial charge on any atom is -0.383 e. The fourth-order valence-electron chi connectivity index (χ4n) is 2.99. The molecule has 0 radical (unpaired) electrons. The number of hydrogen-bond acceptors (Lipinski definition) is 4. The Morgan fingerprint density at radius 3 is 2.68 bits per heavy atom. The Kier molecular flexibility index (Phi) is 4.65. The van der Waals surface area contributed by atoms with Crippen LogP contribution in [-0.2, 0) is 0 Å². The van der Waals surface area contributed by atoms with Gasteiger partial charge in [0, 0.05) is 22.2 Å². The fourth-order valence-corrected chi connectivity index (χ4v) is 3.18. The summed E-state index contributed by atoms with van der Waals surface area (Å²) < 4.78 is 1.49. The molecule has 142 valence electrons. The first-order chi connectivity index (χ1) is 13.4. The first kappa shape index (κ1) is 18.3. The molecule has 1 aliphatic carbocycles. The second-order valence-corrected chi connectivity index (χ2v) is 7.38. The number of halogens is 1. The fraction of sp³-hybridized carbons (Fsp3) is 0.190. The number of nitrogens with zero attached hydrogens (tertiary/aromatic N) is 2. The molecule has 0 bridgehead atoms. The zero-order valence-corrected chi connectivity index (χ0v) is 16.0. The van der Waals surface area contributed by atoms with Gasteiger partial charge in [0.15, 0.2) is 5.78 Å². The number of benzene rings is 2. The van der Waals surface area contributed by atoms with Gasteiger partial charge in [0.25, 0.3) is 5.91 Å². The number of hydrogen-bond donors (Lipinski definition) is 2. The number of rotatable bonds is 5. The van der Waals surface area contributed by atoms with Gasteiger partial charge in [0.2, 0.25) is 0 Å². The Morgan fingerprint density at radius 1 is 1.18 bits per heavy atom. The summed E-state index contributed by atoms with van der Waals surface area (Å²) in [6, 6.07) is 12.3. The molecule has 0 atom stereocenters. The summed E-state index contributed by atoms with van der Waals surface area (Å²) in [5, 5.41) is 7.74. The van der Waals surface area contributed by atoms with Crippen LogP contribution in [-0.4, -0.2) is 27.5 Å². The SMILES string of the molecule is Cc1ccc(C(=O)NC2CC2)cc1-n1ncc(C(=O)c2cccc(Cl)c2)c1N. The number of ketones is 1. The van der Waals surface area contributed by atoms with Crippen LogP contribution in [0.25, 0.3) is 5.69 Å². The van der Waals surface area contributed by atoms with E-state index in [2.05, 4.69) is 10.4 Å². The van der Waals surface area contributed by atoms with Crippen LogP contribution in [0, 0.1) is 6.92 Å². The zero-order valence-electron chi connectivity index (χ0n) is 15.3. The molecule has 1 aromatic heterocycles. The molecule has 1 aliphatic rings. The second kappa shape index (κ2) is 7.13. The van der Waals surface area contributed by atoms with Gasteiger partial charge in [-0.2, -0.15) is 5.10 Å². The lowest BCUT2D eigenvalue weighted by Gasteiger charge is -2.11. The van der Waals surface area contributed by atoms with Gasteiger partial charge in [-0.3, -0.25) is 9.59 Å². The van der Waals surface area contributed by atoms with Crippen LogP contribution in [0.15, 0.2) is 48.7 Å². The maximum atomic E-state index is 12.8. The van der Waals surface area contributed by atoms with E-state index in [1.54, 1.807) is 36.4 Å². The van der Waals surface area contributed by atoms with Crippen LogP contribution in [0.2, 0.25) is 5.02 Å². The third-order valence-electron chi connectivity index (χ3n) is 4.75. The molecule has 3 N–H and O–H groups in total. The molecule has 7 heteroatoms. The average Bonchev–Trinajstić information content (AvgIpc) is 3.41. The lowest BCUT2D eigenvalue weighted by Crippen LogP contribution is -2.25. The molecule has 1 amide bonds. The molecule has 1 saturated carbocycles. The second-order valence-electron chi connectivity index (χ2n) is 6.94. The van der Waals surface area contributed by atoms with Gasteiger partial charge in [-0.15, -0.1) is 0 Å². The molecule has 0 aliphatic heterocycles. The number of aryl methyl sites for hydroxylation is 1. The van der Waals surface area contributed by atoms with Crippen molar-refractivity contribution in [1.82, 2.24) is 15.1 Å². The van der Waals surface area contributed by atoms with Crippen molar-refractivity contribution in [3.05, 3.63) is 75.9 Å². The first-order valence-electron chi connectivity index (χ1n) is 8.99. The summed E-state index contributed by atoms with van der Waals surface area (Å²) in [4.78, 5) is 25.2. The van der Waals surface area contributed by atoms with E-state index in [4.69, 9.17) is 17.3 Å². The van der Waals surface area contributed by atoms with Crippen molar-refractivity contribution in [1.29, 1.82) is 0 Å². The van der Waals surface area contributed by atoms with Gasteiger partial charge in [0.05, 0.1) is 17.4 Å². The Morgan fingerprint density at radius 2 is 1.96 bits per heavy atom. The van der Waals surface area contributed by atoms with Crippen LogP contribution in [0.3, 0.4) is 0 Å². The molecule has 1 fully saturated rings. The molecule has 0 unspecified atom stereocenters. The van der Waals surface area contributed by atoms with Gasteiger partial charge < -0.3 is 11.1 Å². The molecule has 1 heterocycles. The number of aromatic nitrogens is 2. The van der Waals surface area contributed by atoms with E-state index in [9.17, 15) is 9.59 Å². The molecular formula is C21H19ClN4O2. The summed E-state index contributed by atoms with van der Waals surface area (Å²) >= 11 is 5.98. The zero-order chi connectivity index (χ0) is 19.8. The minimum absolute atomic E-state index is 0.121. The summed E-state index contributed by atoms with van der Waals surface area (Å²) in [5.41, 5.74) is 9.05. The highest BCUT2D eigenvalue weighted by atomic mass is 35.5. The molecule has 0 saturated heterocycles. The van der Waals surface area contributed by atoms with Crippen LogP contribution in [0.5, 0.6) is 0 Å². The van der Waals surface area contributed by atoms with E-state index < -0.39 is 0 Å². The van der Waals surface area contributed by atoms with Crippen molar-refractivity contribution in [3.8, 4) is 5.69 Å². The van der Waals surface area contributed by atoms with Crippen LogP contribution in [0.1, 0.15) is 44.7 Å². The van der Waals surface area contributed by atoms with Gasteiger partial charge >= 0.3 is 0 Å². The predicted molar refractivity (Wildman–Crippen MR) is 108 cm³/mol. The molecule has 6 nitrogen and oxygen atoms in total. The molecule has 0 spiro atoms. The van der Waals surface area contributed by atoms with Crippen molar-refractivity contribution in [2.24, 2.45) is 0 Å². The Balaban J connectivity index is 1.68. The number of carbonyl (C=O) groups excluding carboxylic acids is 2. The van der Waals surface area contributed by atoms with Crippen LogP contribution >= 0.6 is 11.6 Å². The molecule has 28 heavy (non-hydrogen) atoms.